The second-order valence-corrected chi connectivity index (χ2v) is 9.31. The van der Waals surface area contributed by atoms with E-state index in [1.807, 2.05) is 44.2 Å². The van der Waals surface area contributed by atoms with E-state index in [1.54, 1.807) is 0 Å². The number of ether oxygens (including phenoxy) is 2. The molecule has 5 nitrogen and oxygen atoms in total. The standard InChI is InChI=1S/C24H30N2O3/c1-24(2,29-21-9-5-7-16-6-3-4-8-20(16)21)23(27)25-18-12-19-15-28-22(17-10-11-17)14-26(19)13-18/h3-9,17-19,22H,10-15H2,1-2H3,(H,25,27)/t18-,19-,22+/m0/s1. The Kier molecular flexibility index (Phi) is 4.75. The molecule has 0 spiro atoms. The maximum absolute atomic E-state index is 13.1. The highest BCUT2D eigenvalue weighted by Gasteiger charge is 2.43. The zero-order valence-corrected chi connectivity index (χ0v) is 17.3. The van der Waals surface area contributed by atoms with Gasteiger partial charge in [-0.25, -0.2) is 0 Å². The van der Waals surface area contributed by atoms with Gasteiger partial charge in [0.05, 0.1) is 12.7 Å². The first-order valence-electron chi connectivity index (χ1n) is 10.8. The molecule has 0 radical (unpaired) electrons. The molecule has 154 valence electrons. The first-order chi connectivity index (χ1) is 14.0. The molecule has 29 heavy (non-hydrogen) atoms. The van der Waals surface area contributed by atoms with Gasteiger partial charge in [-0.05, 0) is 50.5 Å². The molecule has 0 bridgehead atoms. The second kappa shape index (κ2) is 7.29. The molecule has 2 saturated heterocycles. The summed E-state index contributed by atoms with van der Waals surface area (Å²) in [6, 6.07) is 14.6. The lowest BCUT2D eigenvalue weighted by Gasteiger charge is -2.35. The largest absolute Gasteiger partial charge is 0.477 e. The summed E-state index contributed by atoms with van der Waals surface area (Å²) < 4.78 is 12.3. The van der Waals surface area contributed by atoms with Crippen LogP contribution in [-0.2, 0) is 9.53 Å². The van der Waals surface area contributed by atoms with E-state index in [0.29, 0.717) is 12.1 Å². The molecule has 3 aliphatic rings. The molecule has 1 aliphatic carbocycles. The Morgan fingerprint density at radius 2 is 1.93 bits per heavy atom. The summed E-state index contributed by atoms with van der Waals surface area (Å²) in [6.45, 7) is 6.41. The molecular weight excluding hydrogens is 364 g/mol. The average molecular weight is 395 g/mol. The summed E-state index contributed by atoms with van der Waals surface area (Å²) in [5, 5.41) is 5.38. The first kappa shape index (κ1) is 18.9. The molecule has 0 unspecified atom stereocenters. The lowest BCUT2D eigenvalue weighted by molar-refractivity contribution is -0.134. The number of nitrogens with zero attached hydrogens (tertiary/aromatic N) is 1. The molecule has 3 fully saturated rings. The molecule has 5 rings (SSSR count). The van der Waals surface area contributed by atoms with Crippen LogP contribution in [0.3, 0.4) is 0 Å². The molecule has 2 aromatic carbocycles. The fraction of sp³-hybridized carbons (Fsp3) is 0.542. The van der Waals surface area contributed by atoms with E-state index in [4.69, 9.17) is 9.47 Å². The Balaban J connectivity index is 1.23. The van der Waals surface area contributed by atoms with Gasteiger partial charge in [0, 0.05) is 30.6 Å². The van der Waals surface area contributed by atoms with Crippen LogP contribution in [0.15, 0.2) is 42.5 Å². The maximum Gasteiger partial charge on any atom is 0.263 e. The van der Waals surface area contributed by atoms with Gasteiger partial charge in [-0.15, -0.1) is 0 Å². The van der Waals surface area contributed by atoms with Crippen molar-refractivity contribution in [1.29, 1.82) is 0 Å². The molecule has 1 saturated carbocycles. The van der Waals surface area contributed by atoms with Gasteiger partial charge in [-0.1, -0.05) is 36.4 Å². The topological polar surface area (TPSA) is 50.8 Å². The number of nitrogens with one attached hydrogen (secondary N) is 1. The maximum atomic E-state index is 13.1. The predicted octanol–water partition coefficient (Wildman–Crippen LogP) is 3.37. The van der Waals surface area contributed by atoms with E-state index in [1.165, 1.54) is 12.8 Å². The average Bonchev–Trinajstić information content (AvgIpc) is 3.48. The molecule has 2 aliphatic heterocycles. The first-order valence-corrected chi connectivity index (χ1v) is 10.8. The van der Waals surface area contributed by atoms with Crippen molar-refractivity contribution in [1.82, 2.24) is 10.2 Å². The van der Waals surface area contributed by atoms with Crippen molar-refractivity contribution in [3.05, 3.63) is 42.5 Å². The van der Waals surface area contributed by atoms with Crippen LogP contribution in [-0.4, -0.2) is 54.3 Å². The fourth-order valence-corrected chi connectivity index (χ4v) is 4.72. The third-order valence-corrected chi connectivity index (χ3v) is 6.59. The van der Waals surface area contributed by atoms with E-state index in [0.717, 1.165) is 48.6 Å². The van der Waals surface area contributed by atoms with Gasteiger partial charge >= 0.3 is 0 Å². The SMILES string of the molecule is CC(C)(Oc1cccc2ccccc12)C(=O)N[C@H]1C[C@H]2CO[C@@H](C3CC3)CN2C1. The third kappa shape index (κ3) is 3.86. The van der Waals surface area contributed by atoms with E-state index in [2.05, 4.69) is 22.3 Å². The Morgan fingerprint density at radius 1 is 1.14 bits per heavy atom. The van der Waals surface area contributed by atoms with E-state index in [-0.39, 0.29) is 11.9 Å². The summed E-state index contributed by atoms with van der Waals surface area (Å²) in [5.41, 5.74) is -0.944. The van der Waals surface area contributed by atoms with Gasteiger partial charge in [-0.3, -0.25) is 9.69 Å². The summed E-state index contributed by atoms with van der Waals surface area (Å²) >= 11 is 0. The molecule has 2 aromatic rings. The lowest BCUT2D eigenvalue weighted by atomic mass is 10.1. The molecule has 0 aromatic heterocycles. The summed E-state index contributed by atoms with van der Waals surface area (Å²) in [7, 11) is 0. The Hall–Kier alpha value is -2.11. The van der Waals surface area contributed by atoms with Gasteiger partial charge < -0.3 is 14.8 Å². The van der Waals surface area contributed by atoms with Gasteiger partial charge in [0.2, 0.25) is 0 Å². The van der Waals surface area contributed by atoms with E-state index < -0.39 is 5.60 Å². The Bertz CT molecular complexity index is 903. The normalized spacial score (nSPS) is 27.6. The zero-order chi connectivity index (χ0) is 20.0. The Labute approximate surface area is 172 Å². The van der Waals surface area contributed by atoms with Crippen LogP contribution in [0.25, 0.3) is 10.8 Å². The van der Waals surface area contributed by atoms with Gasteiger partial charge in [0.1, 0.15) is 5.75 Å². The summed E-state index contributed by atoms with van der Waals surface area (Å²) in [5.74, 6) is 1.44. The number of carbonyl (C=O) groups excluding carboxylic acids is 1. The van der Waals surface area contributed by atoms with Gasteiger partial charge in [0.15, 0.2) is 5.60 Å². The molecule has 2 heterocycles. The highest BCUT2D eigenvalue weighted by molar-refractivity contribution is 5.90. The smallest absolute Gasteiger partial charge is 0.263 e. The van der Waals surface area contributed by atoms with Crippen LogP contribution in [0.4, 0.5) is 0 Å². The molecule has 3 atom stereocenters. The van der Waals surface area contributed by atoms with Crippen LogP contribution < -0.4 is 10.1 Å². The number of amides is 1. The molecular formula is C24H30N2O3. The lowest BCUT2D eigenvalue weighted by Crippen LogP contribution is -2.51. The van der Waals surface area contributed by atoms with Crippen LogP contribution in [0.1, 0.15) is 33.1 Å². The predicted molar refractivity (Wildman–Crippen MR) is 113 cm³/mol. The van der Waals surface area contributed by atoms with Crippen LogP contribution in [0.2, 0.25) is 0 Å². The van der Waals surface area contributed by atoms with Gasteiger partial charge in [-0.2, -0.15) is 0 Å². The number of fused-ring (bicyclic) bond motifs is 2. The molecule has 1 N–H and O–H groups in total. The molecule has 5 heteroatoms. The highest BCUT2D eigenvalue weighted by atomic mass is 16.5. The Morgan fingerprint density at radius 3 is 2.76 bits per heavy atom. The quantitative estimate of drug-likeness (QED) is 0.845. The minimum absolute atomic E-state index is 0.0602. The molecule has 1 amide bonds. The van der Waals surface area contributed by atoms with Crippen molar-refractivity contribution in [3.63, 3.8) is 0 Å². The number of hydrogen-bond donors (Lipinski definition) is 1. The number of hydrogen-bond acceptors (Lipinski definition) is 4. The van der Waals surface area contributed by atoms with Crippen molar-refractivity contribution in [2.24, 2.45) is 5.92 Å². The second-order valence-electron chi connectivity index (χ2n) is 9.31. The minimum Gasteiger partial charge on any atom is -0.477 e. The van der Waals surface area contributed by atoms with Crippen molar-refractivity contribution < 1.29 is 14.3 Å². The number of rotatable bonds is 5. The zero-order valence-electron chi connectivity index (χ0n) is 17.3. The van der Waals surface area contributed by atoms with Crippen LogP contribution in [0.5, 0.6) is 5.75 Å². The summed E-state index contributed by atoms with van der Waals surface area (Å²) in [6.07, 6.45) is 3.96. The van der Waals surface area contributed by atoms with Crippen molar-refractivity contribution >= 4 is 16.7 Å². The monoisotopic (exact) mass is 394 g/mol. The van der Waals surface area contributed by atoms with Crippen molar-refractivity contribution in [2.45, 2.75) is 56.9 Å². The highest BCUT2D eigenvalue weighted by Crippen LogP contribution is 2.38. The van der Waals surface area contributed by atoms with E-state index in [9.17, 15) is 4.79 Å². The number of benzene rings is 2. The van der Waals surface area contributed by atoms with Crippen molar-refractivity contribution in [3.8, 4) is 5.75 Å². The van der Waals surface area contributed by atoms with E-state index >= 15 is 0 Å². The van der Waals surface area contributed by atoms with Crippen LogP contribution >= 0.6 is 0 Å². The fourth-order valence-electron chi connectivity index (χ4n) is 4.72. The van der Waals surface area contributed by atoms with Crippen LogP contribution in [0, 0.1) is 5.92 Å². The minimum atomic E-state index is -0.944. The summed E-state index contributed by atoms with van der Waals surface area (Å²) in [4.78, 5) is 15.6. The van der Waals surface area contributed by atoms with Crippen molar-refractivity contribution in [2.75, 3.05) is 19.7 Å². The van der Waals surface area contributed by atoms with Gasteiger partial charge in [0.25, 0.3) is 5.91 Å². The number of carbonyl (C=O) groups is 1. The number of morpholine rings is 1. The third-order valence-electron chi connectivity index (χ3n) is 6.59.